The first-order valence-corrected chi connectivity index (χ1v) is 4.72. The summed E-state index contributed by atoms with van der Waals surface area (Å²) in [6.45, 7) is 5.02. The minimum absolute atomic E-state index is 0. The number of nitrogens with two attached hydrogens (primary N) is 2. The number of carboxylic acids is 2. The molecule has 92 valence electrons. The quantitative estimate of drug-likeness (QED) is 0.393. The first-order chi connectivity index (χ1) is 6.81. The van der Waals surface area contributed by atoms with E-state index in [0.29, 0.717) is 0 Å². The molecule has 0 rings (SSSR count). The zero-order valence-corrected chi connectivity index (χ0v) is 17.7. The zero-order valence-electron chi connectivity index (χ0n) is 11.5. The van der Waals surface area contributed by atoms with Crippen molar-refractivity contribution in [3.8, 4) is 0 Å². The fourth-order valence-corrected chi connectivity index (χ4v) is 0. The van der Waals surface area contributed by atoms with Crippen LogP contribution in [0.3, 0.4) is 0 Å². The summed E-state index contributed by atoms with van der Waals surface area (Å²) >= 11 is 0. The molecule has 0 spiro atoms. The number of hydrogen-bond acceptors (Lipinski definition) is 6. The molecule has 0 aromatic heterocycles. The Labute approximate surface area is 188 Å². The fraction of sp³-hybridized carbons (Fsp3) is 0.778. The minimum Gasteiger partial charge on any atom is -0.550 e. The summed E-state index contributed by atoms with van der Waals surface area (Å²) in [6, 6.07) is 0. The molecule has 0 heterocycles. The molecule has 6 nitrogen and oxygen atoms in total. The van der Waals surface area contributed by atoms with Crippen LogP contribution in [-0.4, -0.2) is 18.1 Å². The van der Waals surface area contributed by atoms with Gasteiger partial charge in [-0.15, -0.1) is 0 Å². The summed E-state index contributed by atoms with van der Waals surface area (Å²) in [5.41, 5.74) is 10.1. The van der Waals surface area contributed by atoms with Crippen molar-refractivity contribution in [3.05, 3.63) is 0 Å². The van der Waals surface area contributed by atoms with Gasteiger partial charge in [0.05, 0.1) is 6.17 Å². The topological polar surface area (TPSA) is 132 Å². The Kier molecular flexibility index (Phi) is 49.4. The maximum Gasteiger partial charge on any atom is 1.00 e. The van der Waals surface area contributed by atoms with Crippen LogP contribution in [0.2, 0.25) is 0 Å². The molecule has 0 atom stereocenters. The molecule has 0 amide bonds. The maximum absolute atomic E-state index is 9.26. The van der Waals surface area contributed by atoms with E-state index in [2.05, 4.69) is 0 Å². The molecule has 17 heavy (non-hydrogen) atoms. The van der Waals surface area contributed by atoms with E-state index < -0.39 is 11.9 Å². The van der Waals surface area contributed by atoms with E-state index >= 15 is 0 Å². The molecule has 0 saturated carbocycles. The SMILES string of the molecule is CCC(=O)[O-].CCC(=O)[O-].CCC(N)N.[K+].[K+]. The second kappa shape index (κ2) is 26.6. The van der Waals surface area contributed by atoms with E-state index in [1.165, 1.54) is 13.8 Å². The van der Waals surface area contributed by atoms with Gasteiger partial charge in [-0.3, -0.25) is 0 Å². The smallest absolute Gasteiger partial charge is 0.550 e. The molecule has 0 aliphatic carbocycles. The Bertz CT molecular complexity index is 155. The average molecular weight is 298 g/mol. The van der Waals surface area contributed by atoms with Gasteiger partial charge in [-0.25, -0.2) is 0 Å². The van der Waals surface area contributed by atoms with Gasteiger partial charge in [0, 0.05) is 11.9 Å². The molecule has 0 fully saturated rings. The summed E-state index contributed by atoms with van der Waals surface area (Å²) < 4.78 is 0. The molecule has 0 bridgehead atoms. The van der Waals surface area contributed by atoms with Crippen molar-refractivity contribution in [3.63, 3.8) is 0 Å². The first-order valence-electron chi connectivity index (χ1n) is 4.72. The van der Waals surface area contributed by atoms with Crippen LogP contribution in [0, 0.1) is 0 Å². The Balaban J connectivity index is -0.0000000400. The van der Waals surface area contributed by atoms with Gasteiger partial charge in [0.25, 0.3) is 0 Å². The molecule has 0 aromatic rings. The molecule has 0 aliphatic heterocycles. The normalized spacial score (nSPS) is 7.18. The molecule has 4 N–H and O–H groups in total. The van der Waals surface area contributed by atoms with Crippen molar-refractivity contribution in [2.24, 2.45) is 11.5 Å². The predicted octanol–water partition coefficient (Wildman–Crippen LogP) is -8.06. The van der Waals surface area contributed by atoms with Gasteiger partial charge in [0.1, 0.15) is 0 Å². The van der Waals surface area contributed by atoms with Crippen LogP contribution < -0.4 is 124 Å². The third-order valence-electron chi connectivity index (χ3n) is 1.05. The van der Waals surface area contributed by atoms with Gasteiger partial charge < -0.3 is 31.3 Å². The Morgan fingerprint density at radius 1 is 0.941 bits per heavy atom. The molecule has 0 aliphatic rings. The summed E-state index contributed by atoms with van der Waals surface area (Å²) in [7, 11) is 0. The predicted molar refractivity (Wildman–Crippen MR) is 53.0 cm³/mol. The van der Waals surface area contributed by atoms with Crippen LogP contribution >= 0.6 is 0 Å². The molecule has 0 radical (unpaired) electrons. The van der Waals surface area contributed by atoms with Gasteiger partial charge in [0.15, 0.2) is 0 Å². The third kappa shape index (κ3) is 71.4. The number of aliphatic carboxylic acids is 2. The van der Waals surface area contributed by atoms with Crippen LogP contribution in [-0.2, 0) is 9.59 Å². The van der Waals surface area contributed by atoms with E-state index in [-0.39, 0.29) is 122 Å². The number of rotatable bonds is 3. The van der Waals surface area contributed by atoms with Crippen LogP contribution in [0.1, 0.15) is 40.0 Å². The first kappa shape index (κ1) is 31.5. The molecule has 0 aromatic carbocycles. The monoisotopic (exact) mass is 298 g/mol. The number of carboxylic acid groups (broad SMARTS) is 2. The van der Waals surface area contributed by atoms with Gasteiger partial charge in [-0.05, 0) is 19.3 Å². The van der Waals surface area contributed by atoms with Crippen molar-refractivity contribution in [2.75, 3.05) is 0 Å². The van der Waals surface area contributed by atoms with E-state index in [1.807, 2.05) is 6.92 Å². The second-order valence-corrected chi connectivity index (χ2v) is 2.52. The molecule has 0 unspecified atom stereocenters. The summed E-state index contributed by atoms with van der Waals surface area (Å²) in [5, 5.41) is 18.5. The molecular weight excluding hydrogens is 278 g/mol. The van der Waals surface area contributed by atoms with E-state index in [0.717, 1.165) is 6.42 Å². The summed E-state index contributed by atoms with van der Waals surface area (Å²) in [4.78, 5) is 18.5. The van der Waals surface area contributed by atoms with Crippen molar-refractivity contribution in [2.45, 2.75) is 46.2 Å². The zero-order chi connectivity index (χ0) is 12.9. The number of carbonyl (C=O) groups excluding carboxylic acids is 2. The Morgan fingerprint density at radius 3 is 1.06 bits per heavy atom. The van der Waals surface area contributed by atoms with E-state index in [9.17, 15) is 19.8 Å². The maximum atomic E-state index is 9.26. The average Bonchev–Trinajstić information content (AvgIpc) is 2.19. The summed E-state index contributed by atoms with van der Waals surface area (Å²) in [5.74, 6) is -1.99. The van der Waals surface area contributed by atoms with E-state index in [4.69, 9.17) is 11.5 Å². The standard InChI is InChI=1S/C3H10N2.2C3H6O2.2K/c3*1-2-3(4)5;;/h3H,2,4-5H2,1H3;2*2H2,1H3,(H,4,5);;/q;;;2*+1/p-2. The minimum atomic E-state index is -0.995. The van der Waals surface area contributed by atoms with Crippen molar-refractivity contribution < 1.29 is 123 Å². The van der Waals surface area contributed by atoms with Crippen LogP contribution in [0.5, 0.6) is 0 Å². The largest absolute Gasteiger partial charge is 1.00 e. The van der Waals surface area contributed by atoms with Crippen molar-refractivity contribution >= 4 is 11.9 Å². The van der Waals surface area contributed by atoms with E-state index in [1.54, 1.807) is 0 Å². The van der Waals surface area contributed by atoms with Crippen LogP contribution in [0.25, 0.3) is 0 Å². The molecule has 8 heteroatoms. The van der Waals surface area contributed by atoms with Gasteiger partial charge in [-0.1, -0.05) is 20.8 Å². The van der Waals surface area contributed by atoms with Gasteiger partial charge in [0.2, 0.25) is 0 Å². The van der Waals surface area contributed by atoms with Crippen LogP contribution in [0.4, 0.5) is 0 Å². The Hall–Kier alpha value is 2.13. The summed E-state index contributed by atoms with van der Waals surface area (Å²) in [6.07, 6.45) is 0.968. The van der Waals surface area contributed by atoms with Crippen molar-refractivity contribution in [1.82, 2.24) is 0 Å². The third-order valence-corrected chi connectivity index (χ3v) is 1.05. The van der Waals surface area contributed by atoms with Gasteiger partial charge in [-0.2, -0.15) is 0 Å². The van der Waals surface area contributed by atoms with Crippen molar-refractivity contribution in [1.29, 1.82) is 0 Å². The number of hydrogen-bond donors (Lipinski definition) is 2. The van der Waals surface area contributed by atoms with Gasteiger partial charge >= 0.3 is 103 Å². The number of carbonyl (C=O) groups is 2. The molecule has 0 saturated heterocycles. The molecular formula is C9H20K2N2O4. The second-order valence-electron chi connectivity index (χ2n) is 2.52. The fourth-order valence-electron chi connectivity index (χ4n) is 0. The Morgan fingerprint density at radius 2 is 1.06 bits per heavy atom. The van der Waals surface area contributed by atoms with Crippen LogP contribution in [0.15, 0.2) is 0 Å².